The van der Waals surface area contributed by atoms with Gasteiger partial charge in [0, 0.05) is 13.1 Å². The van der Waals surface area contributed by atoms with E-state index >= 15 is 0 Å². The van der Waals surface area contributed by atoms with E-state index in [1.165, 1.54) is 4.57 Å². The van der Waals surface area contributed by atoms with E-state index in [1.54, 1.807) is 13.8 Å². The molecule has 7 nitrogen and oxygen atoms in total. The Bertz CT molecular complexity index is 695. The standard InChI is InChI=1S/C9H10N4O3/c1-3-12-6-5(10-8(15)11-6)7(14)13(4-2)9(12)16/h3-4H2,1-2H3. The molecule has 2 amide bonds. The molecule has 2 rings (SSSR count). The number of aromatic nitrogens is 2. The largest absolute Gasteiger partial charge is 0.369 e. The van der Waals surface area contributed by atoms with Crippen LogP contribution in [0.25, 0.3) is 0 Å². The quantitative estimate of drug-likeness (QED) is 0.605. The summed E-state index contributed by atoms with van der Waals surface area (Å²) >= 11 is 0. The highest BCUT2D eigenvalue weighted by Crippen LogP contribution is 1.81. The first-order chi connectivity index (χ1) is 7.60. The minimum Gasteiger partial charge on any atom is -0.276 e. The van der Waals surface area contributed by atoms with Crippen molar-refractivity contribution in [1.29, 1.82) is 0 Å². The molecule has 7 heteroatoms. The van der Waals surface area contributed by atoms with Crippen LogP contribution in [-0.2, 0) is 13.1 Å². The van der Waals surface area contributed by atoms with E-state index in [9.17, 15) is 14.4 Å². The molecule has 1 aliphatic rings. The summed E-state index contributed by atoms with van der Waals surface area (Å²) in [5, 5.41) is -0.0340. The van der Waals surface area contributed by atoms with Crippen molar-refractivity contribution in [3.8, 4) is 0 Å². The van der Waals surface area contributed by atoms with Crippen LogP contribution in [0.2, 0.25) is 0 Å². The van der Waals surface area contributed by atoms with Crippen molar-refractivity contribution in [3.05, 3.63) is 31.7 Å². The molecule has 84 valence electrons. The summed E-state index contributed by atoms with van der Waals surface area (Å²) in [7, 11) is 0. The zero-order chi connectivity index (χ0) is 11.9. The third-order valence-corrected chi connectivity index (χ3v) is 2.42. The highest BCUT2D eigenvalue weighted by molar-refractivity contribution is 5.77. The number of rotatable bonds is 2. The lowest BCUT2D eigenvalue weighted by Crippen LogP contribution is -2.57. The molecule has 0 aromatic carbocycles. The average Bonchev–Trinajstić information content (AvgIpc) is 2.62. The maximum absolute atomic E-state index is 11.8. The molecule has 0 aliphatic carbocycles. The van der Waals surface area contributed by atoms with E-state index < -0.39 is 17.3 Å². The summed E-state index contributed by atoms with van der Waals surface area (Å²) in [4.78, 5) is 41.7. The molecule has 1 aliphatic heterocycles. The highest BCUT2D eigenvalue weighted by Gasteiger charge is 2.16. The van der Waals surface area contributed by atoms with Crippen LogP contribution in [0.3, 0.4) is 0 Å². The Hall–Kier alpha value is -2.05. The first-order valence-electron chi connectivity index (χ1n) is 4.95. The molecule has 0 bridgehead atoms. The Morgan fingerprint density at radius 1 is 1.00 bits per heavy atom. The number of hydrogen-bond donors (Lipinski definition) is 0. The lowest BCUT2D eigenvalue weighted by molar-refractivity contribution is 0.256. The summed E-state index contributed by atoms with van der Waals surface area (Å²) in [6, 6.07) is -0.734. The van der Waals surface area contributed by atoms with Gasteiger partial charge < -0.3 is 0 Å². The van der Waals surface area contributed by atoms with Crippen molar-refractivity contribution in [2.75, 3.05) is 0 Å². The highest BCUT2D eigenvalue weighted by atomic mass is 16.2. The van der Waals surface area contributed by atoms with E-state index in [0.717, 1.165) is 4.57 Å². The molecular weight excluding hydrogens is 212 g/mol. The van der Waals surface area contributed by atoms with Crippen LogP contribution in [0.1, 0.15) is 13.8 Å². The molecule has 0 saturated heterocycles. The van der Waals surface area contributed by atoms with E-state index in [0.29, 0.717) is 6.54 Å². The van der Waals surface area contributed by atoms with Crippen molar-refractivity contribution < 1.29 is 4.79 Å². The normalized spacial score (nSPS) is 13.2. The zero-order valence-electron chi connectivity index (χ0n) is 8.93. The van der Waals surface area contributed by atoms with Crippen LogP contribution in [-0.4, -0.2) is 15.2 Å². The van der Waals surface area contributed by atoms with E-state index in [4.69, 9.17) is 0 Å². The first-order valence-corrected chi connectivity index (χ1v) is 4.95. The van der Waals surface area contributed by atoms with Gasteiger partial charge in [-0.15, -0.1) is 0 Å². The smallest absolute Gasteiger partial charge is 0.276 e. The topological polar surface area (TPSA) is 85.8 Å². The van der Waals surface area contributed by atoms with Crippen LogP contribution < -0.4 is 22.1 Å². The lowest BCUT2D eigenvalue weighted by atomic mass is 10.5. The van der Waals surface area contributed by atoms with Gasteiger partial charge in [0.05, 0.1) is 0 Å². The summed E-state index contributed by atoms with van der Waals surface area (Å²) in [5.74, 6) is 0. The van der Waals surface area contributed by atoms with Gasteiger partial charge >= 0.3 is 11.7 Å². The predicted octanol–water partition coefficient (Wildman–Crippen LogP) is -1.58. The van der Waals surface area contributed by atoms with Crippen molar-refractivity contribution in [3.63, 3.8) is 0 Å². The van der Waals surface area contributed by atoms with Crippen LogP contribution >= 0.6 is 0 Å². The Balaban J connectivity index is 3.10. The molecular formula is C9H10N4O3. The number of carbonyl (C=O) groups excluding carboxylic acids is 1. The van der Waals surface area contributed by atoms with Gasteiger partial charge in [0.15, 0.2) is 10.8 Å². The molecule has 2 heterocycles. The molecule has 1 aromatic heterocycles. The van der Waals surface area contributed by atoms with Gasteiger partial charge in [0.25, 0.3) is 5.56 Å². The van der Waals surface area contributed by atoms with Gasteiger partial charge in [0.1, 0.15) is 0 Å². The maximum Gasteiger partial charge on any atom is 0.369 e. The Kier molecular flexibility index (Phi) is 2.30. The van der Waals surface area contributed by atoms with Crippen molar-refractivity contribution in [1.82, 2.24) is 9.13 Å². The van der Waals surface area contributed by atoms with Gasteiger partial charge in [-0.3, -0.25) is 13.9 Å². The van der Waals surface area contributed by atoms with E-state index in [1.807, 2.05) is 0 Å². The Morgan fingerprint density at radius 3 is 2.19 bits per heavy atom. The van der Waals surface area contributed by atoms with Crippen LogP contribution in [0.5, 0.6) is 0 Å². The molecule has 0 atom stereocenters. The summed E-state index contributed by atoms with van der Waals surface area (Å²) in [6.07, 6.45) is 0. The lowest BCUT2D eigenvalue weighted by Gasteiger charge is -2.04. The molecule has 0 N–H and O–H groups in total. The number of amides is 2. The fourth-order valence-electron chi connectivity index (χ4n) is 1.66. The minimum atomic E-state index is -0.734. The van der Waals surface area contributed by atoms with Gasteiger partial charge in [-0.25, -0.2) is 9.59 Å². The maximum atomic E-state index is 11.8. The average molecular weight is 222 g/mol. The van der Waals surface area contributed by atoms with Crippen LogP contribution in [0.4, 0.5) is 4.79 Å². The summed E-state index contributed by atoms with van der Waals surface area (Å²) in [5.41, 5.74) is -0.934. The second kappa shape index (κ2) is 3.51. The van der Waals surface area contributed by atoms with E-state index in [2.05, 4.69) is 9.98 Å². The third kappa shape index (κ3) is 1.24. The molecule has 0 unspecified atom stereocenters. The number of carbonyl (C=O) groups is 1. The molecule has 0 spiro atoms. The van der Waals surface area contributed by atoms with Gasteiger partial charge in [-0.2, -0.15) is 9.98 Å². The fraction of sp³-hybridized carbons (Fsp3) is 0.444. The predicted molar refractivity (Wildman–Crippen MR) is 54.0 cm³/mol. The number of hydrogen-bond acceptors (Lipinski definition) is 3. The minimum absolute atomic E-state index is 0.0340. The number of fused-ring (bicyclic) bond motifs is 1. The molecule has 16 heavy (non-hydrogen) atoms. The van der Waals surface area contributed by atoms with Gasteiger partial charge in [-0.1, -0.05) is 0 Å². The van der Waals surface area contributed by atoms with E-state index in [-0.39, 0.29) is 17.4 Å². The SMILES string of the molecule is CCn1c(=O)c2c(n(CC)c1=O)=NC(=O)N=2. The van der Waals surface area contributed by atoms with Crippen LogP contribution in [0, 0.1) is 0 Å². The molecule has 0 radical (unpaired) electrons. The van der Waals surface area contributed by atoms with Gasteiger partial charge in [-0.05, 0) is 13.8 Å². The summed E-state index contributed by atoms with van der Waals surface area (Å²) < 4.78 is 2.31. The number of urea groups is 1. The van der Waals surface area contributed by atoms with Crippen LogP contribution in [0.15, 0.2) is 19.6 Å². The monoisotopic (exact) mass is 222 g/mol. The molecule has 0 fully saturated rings. The fourth-order valence-corrected chi connectivity index (χ4v) is 1.66. The second-order valence-electron chi connectivity index (χ2n) is 3.25. The Labute approximate surface area is 89.4 Å². The molecule has 0 saturated carbocycles. The van der Waals surface area contributed by atoms with Crippen molar-refractivity contribution >= 4 is 6.03 Å². The van der Waals surface area contributed by atoms with Gasteiger partial charge in [0.2, 0.25) is 0 Å². The Morgan fingerprint density at radius 2 is 1.62 bits per heavy atom. The number of nitrogens with zero attached hydrogens (tertiary/aromatic N) is 4. The second-order valence-corrected chi connectivity index (χ2v) is 3.25. The third-order valence-electron chi connectivity index (χ3n) is 2.42. The van der Waals surface area contributed by atoms with Crippen molar-refractivity contribution in [2.45, 2.75) is 26.9 Å². The van der Waals surface area contributed by atoms with Crippen molar-refractivity contribution in [2.24, 2.45) is 9.98 Å². The summed E-state index contributed by atoms with van der Waals surface area (Å²) in [6.45, 7) is 4.01. The molecule has 1 aromatic rings. The zero-order valence-corrected chi connectivity index (χ0v) is 8.93. The first kappa shape index (κ1) is 10.5.